The fourth-order valence-electron chi connectivity index (χ4n) is 2.91. The van der Waals surface area contributed by atoms with Crippen molar-refractivity contribution in [2.45, 2.75) is 32.0 Å². The van der Waals surface area contributed by atoms with E-state index in [0.29, 0.717) is 13.1 Å². The first-order valence-corrected chi connectivity index (χ1v) is 7.68. The van der Waals surface area contributed by atoms with Crippen LogP contribution in [0.2, 0.25) is 0 Å². The lowest BCUT2D eigenvalue weighted by Crippen LogP contribution is -2.40. The predicted octanol–water partition coefficient (Wildman–Crippen LogP) is 2.91. The third kappa shape index (κ3) is 5.34. The van der Waals surface area contributed by atoms with Crippen molar-refractivity contribution in [1.29, 1.82) is 0 Å². The molecule has 1 aliphatic rings. The van der Waals surface area contributed by atoms with E-state index in [1.165, 1.54) is 13.0 Å². The van der Waals surface area contributed by atoms with E-state index in [9.17, 15) is 22.8 Å². The van der Waals surface area contributed by atoms with Crippen LogP contribution >= 0.6 is 12.4 Å². The van der Waals surface area contributed by atoms with Gasteiger partial charge >= 0.3 is 6.18 Å². The third-order valence-corrected chi connectivity index (χ3v) is 3.91. The minimum atomic E-state index is -4.60. The number of amides is 2. The maximum Gasteiger partial charge on any atom is 0.416 e. The number of nitrogens with zero attached hydrogens (tertiary/aromatic N) is 1. The Morgan fingerprint density at radius 3 is 2.52 bits per heavy atom. The van der Waals surface area contributed by atoms with E-state index in [-0.39, 0.29) is 29.7 Å². The van der Waals surface area contributed by atoms with Crippen LogP contribution in [0.1, 0.15) is 35.7 Å². The lowest BCUT2D eigenvalue weighted by Gasteiger charge is -2.25. The molecule has 25 heavy (non-hydrogen) atoms. The first kappa shape index (κ1) is 21.2. The van der Waals surface area contributed by atoms with Gasteiger partial charge in [-0.25, -0.2) is 0 Å². The van der Waals surface area contributed by atoms with Gasteiger partial charge in [0.05, 0.1) is 5.56 Å². The Morgan fingerprint density at radius 1 is 1.28 bits per heavy atom. The lowest BCUT2D eigenvalue weighted by molar-refractivity contribution is -0.137. The van der Waals surface area contributed by atoms with E-state index in [1.807, 2.05) is 0 Å². The van der Waals surface area contributed by atoms with E-state index >= 15 is 0 Å². The van der Waals surface area contributed by atoms with E-state index in [2.05, 4.69) is 10.6 Å². The number of nitrogens with one attached hydrogen (secondary N) is 2. The van der Waals surface area contributed by atoms with Crippen molar-refractivity contribution in [2.24, 2.45) is 0 Å². The number of likely N-dealkylation sites (N-methyl/N-ethyl adjacent to an activating group) is 1. The minimum Gasteiger partial charge on any atom is -0.334 e. The molecule has 9 heteroatoms. The molecular weight excluding hydrogens is 359 g/mol. The van der Waals surface area contributed by atoms with Gasteiger partial charge in [-0.1, -0.05) is 0 Å². The van der Waals surface area contributed by atoms with Crippen LogP contribution in [0.25, 0.3) is 0 Å². The van der Waals surface area contributed by atoms with Crippen LogP contribution in [-0.4, -0.2) is 42.9 Å². The first-order chi connectivity index (χ1) is 11.2. The summed E-state index contributed by atoms with van der Waals surface area (Å²) in [6.07, 6.45) is -2.97. The fourth-order valence-corrected chi connectivity index (χ4v) is 2.91. The van der Waals surface area contributed by atoms with E-state index in [4.69, 9.17) is 0 Å². The highest BCUT2D eigenvalue weighted by Gasteiger charge is 2.34. The van der Waals surface area contributed by atoms with Crippen molar-refractivity contribution in [3.63, 3.8) is 0 Å². The Labute approximate surface area is 150 Å². The number of hydrogen-bond donors (Lipinski definition) is 2. The smallest absolute Gasteiger partial charge is 0.334 e. The van der Waals surface area contributed by atoms with Gasteiger partial charge in [0.25, 0.3) is 5.91 Å². The largest absolute Gasteiger partial charge is 0.416 e. The highest BCUT2D eigenvalue weighted by molar-refractivity contribution is 5.97. The number of alkyl halides is 3. The van der Waals surface area contributed by atoms with Gasteiger partial charge < -0.3 is 15.5 Å². The van der Waals surface area contributed by atoms with Crippen LogP contribution in [0.4, 0.5) is 18.9 Å². The highest BCUT2D eigenvalue weighted by Crippen LogP contribution is 2.33. The lowest BCUT2D eigenvalue weighted by atomic mass is 10.1. The van der Waals surface area contributed by atoms with Crippen molar-refractivity contribution in [2.75, 3.05) is 25.5 Å². The Kier molecular flexibility index (Phi) is 7.25. The zero-order valence-electron chi connectivity index (χ0n) is 13.9. The number of carbonyl (C=O) groups is 2. The molecule has 2 amide bonds. The predicted molar refractivity (Wildman–Crippen MR) is 91.0 cm³/mol. The fraction of sp³-hybridized carbons (Fsp3) is 0.500. The van der Waals surface area contributed by atoms with Gasteiger partial charge in [-0.15, -0.1) is 12.4 Å². The molecule has 2 N–H and O–H groups in total. The monoisotopic (exact) mass is 379 g/mol. The first-order valence-electron chi connectivity index (χ1n) is 7.68. The van der Waals surface area contributed by atoms with Gasteiger partial charge in [0.2, 0.25) is 5.91 Å². The number of halogens is 4. The second kappa shape index (κ2) is 8.53. The molecule has 0 saturated carbocycles. The molecule has 1 fully saturated rings. The Morgan fingerprint density at radius 2 is 1.96 bits per heavy atom. The third-order valence-electron chi connectivity index (χ3n) is 3.91. The average Bonchev–Trinajstić information content (AvgIpc) is 2.93. The van der Waals surface area contributed by atoms with Crippen molar-refractivity contribution in [1.82, 2.24) is 10.2 Å². The molecule has 5 nitrogen and oxygen atoms in total. The quantitative estimate of drug-likeness (QED) is 0.845. The Balaban J connectivity index is 0.00000312. The summed E-state index contributed by atoms with van der Waals surface area (Å²) in [5.41, 5.74) is -1.07. The number of rotatable bonds is 4. The molecule has 1 atom stereocenters. The SMILES string of the molecule is CNCC1CCCN1C(=O)c1cc(NC(C)=O)cc(C(F)(F)F)c1.Cl. The summed E-state index contributed by atoms with van der Waals surface area (Å²) in [7, 11) is 1.76. The summed E-state index contributed by atoms with van der Waals surface area (Å²) in [5, 5.41) is 5.31. The maximum atomic E-state index is 13.1. The molecule has 1 unspecified atom stereocenters. The molecule has 0 bridgehead atoms. The molecule has 1 aromatic carbocycles. The maximum absolute atomic E-state index is 13.1. The van der Waals surface area contributed by atoms with E-state index < -0.39 is 23.6 Å². The summed E-state index contributed by atoms with van der Waals surface area (Å²) in [6, 6.07) is 2.91. The molecule has 1 aromatic rings. The van der Waals surface area contributed by atoms with Gasteiger partial charge in [-0.3, -0.25) is 9.59 Å². The number of hydrogen-bond acceptors (Lipinski definition) is 3. The van der Waals surface area contributed by atoms with Crippen LogP contribution in [-0.2, 0) is 11.0 Å². The number of carbonyl (C=O) groups excluding carboxylic acids is 2. The Hall–Kier alpha value is -1.80. The molecule has 2 rings (SSSR count). The number of likely N-dealkylation sites (tertiary alicyclic amines) is 1. The van der Waals surface area contributed by atoms with Gasteiger partial charge in [0.15, 0.2) is 0 Å². The second-order valence-electron chi connectivity index (χ2n) is 5.83. The van der Waals surface area contributed by atoms with Gasteiger partial charge in [0, 0.05) is 37.3 Å². The van der Waals surface area contributed by atoms with Crippen molar-refractivity contribution >= 4 is 29.9 Å². The summed E-state index contributed by atoms with van der Waals surface area (Å²) in [4.78, 5) is 25.4. The molecule has 1 heterocycles. The summed E-state index contributed by atoms with van der Waals surface area (Å²) in [5.74, 6) is -0.951. The topological polar surface area (TPSA) is 61.4 Å². The zero-order valence-corrected chi connectivity index (χ0v) is 14.8. The van der Waals surface area contributed by atoms with Crippen molar-refractivity contribution in [3.05, 3.63) is 29.3 Å². The molecule has 0 aromatic heterocycles. The van der Waals surface area contributed by atoms with Crippen LogP contribution in [0, 0.1) is 0 Å². The molecule has 1 aliphatic heterocycles. The zero-order chi connectivity index (χ0) is 17.9. The molecule has 0 spiro atoms. The van der Waals surface area contributed by atoms with Crippen molar-refractivity contribution in [3.8, 4) is 0 Å². The molecule has 0 aliphatic carbocycles. The highest BCUT2D eigenvalue weighted by atomic mass is 35.5. The second-order valence-corrected chi connectivity index (χ2v) is 5.83. The van der Waals surface area contributed by atoms with Crippen LogP contribution in [0.5, 0.6) is 0 Å². The average molecular weight is 380 g/mol. The Bertz CT molecular complexity index is 638. The van der Waals surface area contributed by atoms with Crippen LogP contribution < -0.4 is 10.6 Å². The molecule has 140 valence electrons. The van der Waals surface area contributed by atoms with E-state index in [1.54, 1.807) is 11.9 Å². The van der Waals surface area contributed by atoms with Crippen molar-refractivity contribution < 1.29 is 22.8 Å². The van der Waals surface area contributed by atoms with Crippen LogP contribution in [0.3, 0.4) is 0 Å². The summed E-state index contributed by atoms with van der Waals surface area (Å²) < 4.78 is 39.2. The van der Waals surface area contributed by atoms with Gasteiger partial charge in [0.1, 0.15) is 0 Å². The molecular formula is C16H21ClF3N3O2. The summed E-state index contributed by atoms with van der Waals surface area (Å²) in [6.45, 7) is 2.30. The number of benzene rings is 1. The van der Waals surface area contributed by atoms with E-state index in [0.717, 1.165) is 25.0 Å². The van der Waals surface area contributed by atoms with Gasteiger partial charge in [-0.2, -0.15) is 13.2 Å². The minimum absolute atomic E-state index is 0. The van der Waals surface area contributed by atoms with Crippen LogP contribution in [0.15, 0.2) is 18.2 Å². The number of anilines is 1. The normalized spacial score (nSPS) is 17.2. The molecule has 1 saturated heterocycles. The summed E-state index contributed by atoms with van der Waals surface area (Å²) >= 11 is 0. The van der Waals surface area contributed by atoms with Gasteiger partial charge in [-0.05, 0) is 38.1 Å². The standard InChI is InChI=1S/C16H20F3N3O2.ClH/c1-10(23)21-13-7-11(6-12(8-13)16(17,18)19)15(24)22-5-3-4-14(22)9-20-2;/h6-8,14,20H,3-5,9H2,1-2H3,(H,21,23);1H. The molecule has 0 radical (unpaired) electrons.